The third-order valence-corrected chi connectivity index (χ3v) is 1.93. The molecule has 1 fully saturated rings. The lowest BCUT2D eigenvalue weighted by molar-refractivity contribution is -0.159. The average molecular weight is 219 g/mol. The number of amides is 2. The summed E-state index contributed by atoms with van der Waals surface area (Å²) in [6, 6.07) is 0. The van der Waals surface area contributed by atoms with Gasteiger partial charge in [0, 0.05) is 5.75 Å². The fourth-order valence-corrected chi connectivity index (χ4v) is 1.22. The topological polar surface area (TPSA) is 55.8 Å². The summed E-state index contributed by atoms with van der Waals surface area (Å²) in [5.74, 6) is 0.0387. The van der Waals surface area contributed by atoms with Crippen LogP contribution in [0.15, 0.2) is 0 Å². The van der Waals surface area contributed by atoms with Gasteiger partial charge in [0.2, 0.25) is 0 Å². The fraction of sp³-hybridized carbons (Fsp3) is 0.750. The molecule has 0 N–H and O–H groups in total. The van der Waals surface area contributed by atoms with E-state index in [1.807, 2.05) is 0 Å². The van der Waals surface area contributed by atoms with Crippen molar-refractivity contribution in [2.24, 2.45) is 0 Å². The van der Waals surface area contributed by atoms with Crippen LogP contribution < -0.4 is 0 Å². The Balaban J connectivity index is 2.26. The number of morpholine rings is 1. The molecule has 0 bridgehead atoms. The number of hydrogen-bond acceptors (Lipinski definition) is 5. The number of ether oxygens (including phenoxy) is 2. The Morgan fingerprint density at radius 1 is 1.29 bits per heavy atom. The van der Waals surface area contributed by atoms with E-state index in [1.165, 1.54) is 4.90 Å². The number of thiol groups is 1. The van der Waals surface area contributed by atoms with Crippen LogP contribution in [-0.4, -0.2) is 55.4 Å². The molecule has 1 rings (SSSR count). The van der Waals surface area contributed by atoms with Crippen molar-refractivity contribution in [3.8, 4) is 0 Å². The Labute approximate surface area is 87.8 Å². The maximum atomic E-state index is 11.2. The van der Waals surface area contributed by atoms with Crippen molar-refractivity contribution in [1.82, 2.24) is 4.90 Å². The zero-order chi connectivity index (χ0) is 10.4. The molecule has 5 nitrogen and oxygen atoms in total. The van der Waals surface area contributed by atoms with Crippen LogP contribution in [0.3, 0.4) is 0 Å². The van der Waals surface area contributed by atoms with Gasteiger partial charge in [0.05, 0.1) is 19.8 Å². The maximum Gasteiger partial charge on any atom is 0.255 e. The van der Waals surface area contributed by atoms with Crippen molar-refractivity contribution >= 4 is 24.4 Å². The lowest BCUT2D eigenvalue weighted by Crippen LogP contribution is -2.47. The predicted molar refractivity (Wildman–Crippen MR) is 52.2 cm³/mol. The van der Waals surface area contributed by atoms with Gasteiger partial charge < -0.3 is 9.47 Å². The van der Waals surface area contributed by atoms with E-state index in [0.717, 1.165) is 0 Å². The van der Waals surface area contributed by atoms with Crippen molar-refractivity contribution in [1.29, 1.82) is 0 Å². The van der Waals surface area contributed by atoms with E-state index in [0.29, 0.717) is 25.5 Å². The molecule has 0 radical (unpaired) electrons. The van der Waals surface area contributed by atoms with E-state index < -0.39 is 0 Å². The molecule has 1 aliphatic heterocycles. The Hall–Kier alpha value is -0.590. The van der Waals surface area contributed by atoms with Crippen LogP contribution in [0, 0.1) is 0 Å². The third-order valence-electron chi connectivity index (χ3n) is 1.75. The molecule has 0 aromatic rings. The minimum Gasteiger partial charge on any atom is -0.379 e. The van der Waals surface area contributed by atoms with Crippen molar-refractivity contribution < 1.29 is 19.1 Å². The Morgan fingerprint density at radius 2 is 1.93 bits per heavy atom. The predicted octanol–water partition coefficient (Wildman–Crippen LogP) is -0.682. The Morgan fingerprint density at radius 3 is 2.50 bits per heavy atom. The molecule has 0 aromatic carbocycles. The minimum atomic E-state index is -0.296. The smallest absolute Gasteiger partial charge is 0.255 e. The van der Waals surface area contributed by atoms with Crippen molar-refractivity contribution in [2.75, 3.05) is 38.7 Å². The van der Waals surface area contributed by atoms with Gasteiger partial charge in [-0.2, -0.15) is 12.6 Å². The first-order valence-electron chi connectivity index (χ1n) is 4.35. The molecule has 14 heavy (non-hydrogen) atoms. The zero-order valence-corrected chi connectivity index (χ0v) is 8.66. The van der Waals surface area contributed by atoms with Gasteiger partial charge in [-0.15, -0.1) is 0 Å². The summed E-state index contributed by atoms with van der Waals surface area (Å²) in [5.41, 5.74) is 0. The van der Waals surface area contributed by atoms with Crippen LogP contribution in [0.25, 0.3) is 0 Å². The lowest BCUT2D eigenvalue weighted by atomic mass is 10.4. The molecular formula is C8H13NO4S. The summed E-state index contributed by atoms with van der Waals surface area (Å²) in [6.45, 7) is 1.15. The number of imide groups is 1. The monoisotopic (exact) mass is 219 g/mol. The Kier molecular flexibility index (Phi) is 4.92. The molecule has 0 aliphatic carbocycles. The highest BCUT2D eigenvalue weighted by atomic mass is 32.1. The van der Waals surface area contributed by atoms with Gasteiger partial charge in [0.25, 0.3) is 11.8 Å². The highest BCUT2D eigenvalue weighted by Gasteiger charge is 2.25. The molecule has 0 saturated carbocycles. The number of nitrogens with zero attached hydrogens (tertiary/aromatic N) is 1. The molecule has 0 atom stereocenters. The fourth-order valence-electron chi connectivity index (χ4n) is 1.09. The average Bonchev–Trinajstić information content (AvgIpc) is 2.16. The number of rotatable bonds is 5. The highest BCUT2D eigenvalue weighted by molar-refractivity contribution is 7.80. The van der Waals surface area contributed by atoms with Crippen LogP contribution in [0.1, 0.15) is 0 Å². The molecule has 0 aromatic heterocycles. The van der Waals surface area contributed by atoms with E-state index in [-0.39, 0.29) is 25.0 Å². The maximum absolute atomic E-state index is 11.2. The molecule has 80 valence electrons. The Bertz CT molecular complexity index is 205. The molecule has 2 amide bonds. The van der Waals surface area contributed by atoms with Gasteiger partial charge in [0.1, 0.15) is 13.2 Å². The van der Waals surface area contributed by atoms with Crippen LogP contribution >= 0.6 is 12.6 Å². The molecule has 6 heteroatoms. The summed E-state index contributed by atoms with van der Waals surface area (Å²) in [5, 5.41) is 0. The zero-order valence-electron chi connectivity index (χ0n) is 7.77. The molecule has 1 saturated heterocycles. The van der Waals surface area contributed by atoms with Gasteiger partial charge in [-0.25, -0.2) is 0 Å². The molecular weight excluding hydrogens is 206 g/mol. The van der Waals surface area contributed by atoms with Crippen LogP contribution in [0.2, 0.25) is 0 Å². The van der Waals surface area contributed by atoms with Crippen LogP contribution in [-0.2, 0) is 19.1 Å². The summed E-state index contributed by atoms with van der Waals surface area (Å²) in [4.78, 5) is 23.5. The molecule has 1 heterocycles. The first-order chi connectivity index (χ1) is 6.75. The van der Waals surface area contributed by atoms with Crippen LogP contribution in [0.4, 0.5) is 0 Å². The normalized spacial score (nSPS) is 17.6. The van der Waals surface area contributed by atoms with Crippen molar-refractivity contribution in [3.63, 3.8) is 0 Å². The van der Waals surface area contributed by atoms with Gasteiger partial charge >= 0.3 is 0 Å². The van der Waals surface area contributed by atoms with E-state index in [9.17, 15) is 9.59 Å². The van der Waals surface area contributed by atoms with Crippen molar-refractivity contribution in [2.45, 2.75) is 0 Å². The summed E-state index contributed by atoms with van der Waals surface area (Å²) >= 11 is 3.96. The van der Waals surface area contributed by atoms with E-state index in [1.54, 1.807) is 0 Å². The van der Waals surface area contributed by atoms with Crippen LogP contribution in [0.5, 0.6) is 0 Å². The standard InChI is InChI=1S/C8H13NO4S/c10-7-5-13-6-8(11)9(7)1-2-12-3-4-14/h14H,1-6H2. The number of carbonyl (C=O) groups excluding carboxylic acids is 2. The quantitative estimate of drug-likeness (QED) is 0.378. The first-order valence-corrected chi connectivity index (χ1v) is 4.98. The molecule has 0 spiro atoms. The van der Waals surface area contributed by atoms with Gasteiger partial charge in [0.15, 0.2) is 0 Å². The largest absolute Gasteiger partial charge is 0.379 e. The highest BCUT2D eigenvalue weighted by Crippen LogP contribution is 2.00. The summed E-state index contributed by atoms with van der Waals surface area (Å²) in [7, 11) is 0. The van der Waals surface area contributed by atoms with Gasteiger partial charge in [-0.05, 0) is 0 Å². The minimum absolute atomic E-state index is 0.0156. The van der Waals surface area contributed by atoms with E-state index in [4.69, 9.17) is 9.47 Å². The lowest BCUT2D eigenvalue weighted by Gasteiger charge is -2.24. The van der Waals surface area contributed by atoms with Crippen molar-refractivity contribution in [3.05, 3.63) is 0 Å². The number of hydrogen-bond donors (Lipinski definition) is 1. The second kappa shape index (κ2) is 6.00. The SMILES string of the molecule is O=C1COCC(=O)N1CCOCCS. The summed E-state index contributed by atoms with van der Waals surface area (Å²) < 4.78 is 9.88. The van der Waals surface area contributed by atoms with Gasteiger partial charge in [-0.3, -0.25) is 14.5 Å². The number of carbonyl (C=O) groups is 2. The van der Waals surface area contributed by atoms with E-state index >= 15 is 0 Å². The first kappa shape index (κ1) is 11.5. The second-order valence-electron chi connectivity index (χ2n) is 2.77. The van der Waals surface area contributed by atoms with E-state index in [2.05, 4.69) is 12.6 Å². The van der Waals surface area contributed by atoms with Gasteiger partial charge in [-0.1, -0.05) is 0 Å². The second-order valence-corrected chi connectivity index (χ2v) is 3.22. The molecule has 1 aliphatic rings. The molecule has 0 unspecified atom stereocenters. The third kappa shape index (κ3) is 3.28. The summed E-state index contributed by atoms with van der Waals surface area (Å²) in [6.07, 6.45) is 0.